The minimum atomic E-state index is -2.53. The Balaban J connectivity index is 0. The highest BCUT2D eigenvalue weighted by molar-refractivity contribution is 6.60. The summed E-state index contributed by atoms with van der Waals surface area (Å²) in [6.45, 7) is 10.4. The highest BCUT2D eigenvalue weighted by Gasteiger charge is 2.48. The van der Waals surface area contributed by atoms with Crippen LogP contribution in [0.1, 0.15) is 59.3 Å². The van der Waals surface area contributed by atoms with Crippen LogP contribution in [0.25, 0.3) is 0 Å². The summed E-state index contributed by atoms with van der Waals surface area (Å²) in [4.78, 5) is 0. The van der Waals surface area contributed by atoms with Gasteiger partial charge in [0.25, 0.3) is 0 Å². The second kappa shape index (κ2) is 13.8. The van der Waals surface area contributed by atoms with E-state index in [0.717, 1.165) is 10.7 Å². The highest BCUT2D eigenvalue weighted by atomic mass is 35.5. The van der Waals surface area contributed by atoms with Gasteiger partial charge >= 0.3 is 8.80 Å². The van der Waals surface area contributed by atoms with Crippen molar-refractivity contribution in [2.75, 3.05) is 47.1 Å². The number of hydrogen-bond donors (Lipinski definition) is 0. The average molecular weight is 356 g/mol. The van der Waals surface area contributed by atoms with Crippen molar-refractivity contribution in [2.24, 2.45) is 0 Å². The molecule has 0 saturated heterocycles. The molecule has 0 aromatic rings. The standard InChI is InChI=1S/C16H38NO3Si.ClH/c1-7-10-13-17(14-11-8-2,15-12-9-3)16-21(18-4,19-5)20-6;/h7-16H2,1-6H3;1H/q+1;/p-1. The molecule has 136 valence electrons. The molecule has 0 bridgehead atoms. The first kappa shape index (κ1) is 24.6. The first-order valence-electron chi connectivity index (χ1n) is 8.58. The molecule has 0 rings (SSSR count). The zero-order chi connectivity index (χ0) is 16.2. The van der Waals surface area contributed by atoms with Crippen LogP contribution in [0.15, 0.2) is 0 Å². The van der Waals surface area contributed by atoms with Gasteiger partial charge in [-0.1, -0.05) is 40.0 Å². The maximum Gasteiger partial charge on any atom is 0.558 e. The molecular formula is C16H38ClNO3Si. The molecule has 0 saturated carbocycles. The molecule has 4 nitrogen and oxygen atoms in total. The summed E-state index contributed by atoms with van der Waals surface area (Å²) in [5, 5.41) is 0. The number of halogens is 1. The predicted octanol–water partition coefficient (Wildman–Crippen LogP) is 0.625. The molecule has 0 spiro atoms. The molecule has 0 radical (unpaired) electrons. The monoisotopic (exact) mass is 355 g/mol. The average Bonchev–Trinajstić information content (AvgIpc) is 2.54. The predicted molar refractivity (Wildman–Crippen MR) is 91.2 cm³/mol. The number of hydrogen-bond acceptors (Lipinski definition) is 3. The molecule has 0 aliphatic rings. The quantitative estimate of drug-likeness (QED) is 0.338. The fourth-order valence-electron chi connectivity index (χ4n) is 2.91. The topological polar surface area (TPSA) is 27.7 Å². The van der Waals surface area contributed by atoms with E-state index in [1.807, 2.05) is 0 Å². The number of unbranched alkanes of at least 4 members (excludes halogenated alkanes) is 3. The van der Waals surface area contributed by atoms with Gasteiger partial charge in [0.05, 0.1) is 19.6 Å². The SMILES string of the molecule is CCCC[N+](CCCC)(CCCC)C[Si](OC)(OC)OC.[Cl-]. The van der Waals surface area contributed by atoms with Crippen LogP contribution in [0.4, 0.5) is 0 Å². The Kier molecular flexibility index (Phi) is 15.4. The summed E-state index contributed by atoms with van der Waals surface area (Å²) in [7, 11) is 2.66. The highest BCUT2D eigenvalue weighted by Crippen LogP contribution is 2.20. The normalized spacial score (nSPS) is 12.3. The van der Waals surface area contributed by atoms with E-state index in [9.17, 15) is 0 Å². The van der Waals surface area contributed by atoms with Crippen LogP contribution in [-0.2, 0) is 13.3 Å². The molecule has 0 unspecified atom stereocenters. The summed E-state index contributed by atoms with van der Waals surface area (Å²) < 4.78 is 18.2. The van der Waals surface area contributed by atoms with Crippen molar-refractivity contribution in [2.45, 2.75) is 59.3 Å². The van der Waals surface area contributed by atoms with Crippen LogP contribution in [0.2, 0.25) is 0 Å². The van der Waals surface area contributed by atoms with Crippen LogP contribution in [0.5, 0.6) is 0 Å². The summed E-state index contributed by atoms with van der Waals surface area (Å²) in [6, 6.07) is 0. The zero-order valence-corrected chi connectivity index (χ0v) is 17.4. The van der Waals surface area contributed by atoms with Crippen LogP contribution < -0.4 is 12.4 Å². The Hall–Kier alpha value is 0.347. The van der Waals surface area contributed by atoms with E-state index in [2.05, 4.69) is 20.8 Å². The molecule has 0 aromatic heterocycles. The van der Waals surface area contributed by atoms with Gasteiger partial charge in [-0.05, 0) is 19.3 Å². The molecule has 0 N–H and O–H groups in total. The van der Waals surface area contributed by atoms with Gasteiger partial charge in [0.1, 0.15) is 6.17 Å². The molecule has 0 aliphatic carbocycles. The lowest BCUT2D eigenvalue weighted by Crippen LogP contribution is -3.00. The van der Waals surface area contributed by atoms with Crippen LogP contribution in [0, 0.1) is 0 Å². The van der Waals surface area contributed by atoms with Crippen molar-refractivity contribution >= 4 is 8.80 Å². The second-order valence-corrected chi connectivity index (χ2v) is 8.93. The molecule has 6 heteroatoms. The fraction of sp³-hybridized carbons (Fsp3) is 1.00. The van der Waals surface area contributed by atoms with Gasteiger partial charge in [0, 0.05) is 21.3 Å². The summed E-state index contributed by atoms with van der Waals surface area (Å²) >= 11 is 0. The van der Waals surface area contributed by atoms with Gasteiger partial charge in [-0.25, -0.2) is 0 Å². The van der Waals surface area contributed by atoms with Crippen molar-refractivity contribution < 1.29 is 30.2 Å². The van der Waals surface area contributed by atoms with E-state index >= 15 is 0 Å². The Morgan fingerprint density at radius 2 is 1.00 bits per heavy atom. The van der Waals surface area contributed by atoms with Gasteiger partial charge in [-0.2, -0.15) is 0 Å². The van der Waals surface area contributed by atoms with Crippen LogP contribution in [-0.4, -0.2) is 60.4 Å². The van der Waals surface area contributed by atoms with E-state index in [1.165, 1.54) is 58.2 Å². The third-order valence-electron chi connectivity index (χ3n) is 4.42. The number of rotatable bonds is 14. The molecule has 0 amide bonds. The van der Waals surface area contributed by atoms with Gasteiger partial charge in [0.2, 0.25) is 0 Å². The zero-order valence-electron chi connectivity index (χ0n) is 15.6. The second-order valence-electron chi connectivity index (χ2n) is 6.03. The minimum absolute atomic E-state index is 0. The van der Waals surface area contributed by atoms with Gasteiger partial charge in [-0.15, -0.1) is 0 Å². The third-order valence-corrected chi connectivity index (χ3v) is 7.34. The van der Waals surface area contributed by atoms with Crippen molar-refractivity contribution in [3.63, 3.8) is 0 Å². The Bertz CT molecular complexity index is 224. The van der Waals surface area contributed by atoms with Crippen molar-refractivity contribution in [1.29, 1.82) is 0 Å². The van der Waals surface area contributed by atoms with E-state index in [1.54, 1.807) is 21.3 Å². The van der Waals surface area contributed by atoms with Crippen molar-refractivity contribution in [3.05, 3.63) is 0 Å². The van der Waals surface area contributed by atoms with Crippen molar-refractivity contribution in [3.8, 4) is 0 Å². The lowest BCUT2D eigenvalue weighted by molar-refractivity contribution is -0.921. The Labute approximate surface area is 145 Å². The van der Waals surface area contributed by atoms with E-state index < -0.39 is 8.80 Å². The molecule has 0 fully saturated rings. The largest absolute Gasteiger partial charge is 1.00 e. The lowest BCUT2D eigenvalue weighted by Gasteiger charge is -2.42. The third kappa shape index (κ3) is 8.27. The molecule has 22 heavy (non-hydrogen) atoms. The summed E-state index contributed by atoms with van der Waals surface area (Å²) in [6.07, 6.45) is 8.38. The molecule has 0 atom stereocenters. The van der Waals surface area contributed by atoms with E-state index in [0.29, 0.717) is 0 Å². The molecular weight excluding hydrogens is 318 g/mol. The lowest BCUT2D eigenvalue weighted by atomic mass is 10.2. The minimum Gasteiger partial charge on any atom is -1.00 e. The summed E-state index contributed by atoms with van der Waals surface area (Å²) in [5.41, 5.74) is 0. The van der Waals surface area contributed by atoms with Crippen LogP contribution in [0.3, 0.4) is 0 Å². The molecule has 0 aromatic carbocycles. The van der Waals surface area contributed by atoms with Gasteiger partial charge in [0.15, 0.2) is 0 Å². The Morgan fingerprint density at radius 3 is 1.23 bits per heavy atom. The van der Waals surface area contributed by atoms with Gasteiger partial charge < -0.3 is 30.2 Å². The van der Waals surface area contributed by atoms with Crippen LogP contribution >= 0.6 is 0 Å². The maximum atomic E-state index is 5.71. The van der Waals surface area contributed by atoms with E-state index in [4.69, 9.17) is 13.3 Å². The maximum absolute atomic E-state index is 5.71. The van der Waals surface area contributed by atoms with Gasteiger partial charge in [-0.3, -0.25) is 0 Å². The Morgan fingerprint density at radius 1 is 0.682 bits per heavy atom. The first-order chi connectivity index (χ1) is 10.1. The smallest absolute Gasteiger partial charge is 0.558 e. The number of nitrogens with zero attached hydrogens (tertiary/aromatic N) is 1. The molecule has 0 heterocycles. The van der Waals surface area contributed by atoms with E-state index in [-0.39, 0.29) is 12.4 Å². The fourth-order valence-corrected chi connectivity index (χ4v) is 5.09. The first-order valence-corrected chi connectivity index (χ1v) is 10.5. The number of quaternary nitrogens is 1. The molecule has 0 aliphatic heterocycles. The van der Waals surface area contributed by atoms with Crippen molar-refractivity contribution in [1.82, 2.24) is 0 Å². The summed E-state index contributed by atoms with van der Waals surface area (Å²) in [5.74, 6) is 0.